The van der Waals surface area contributed by atoms with E-state index >= 15 is 0 Å². The van der Waals surface area contributed by atoms with E-state index in [0.29, 0.717) is 0 Å². The predicted octanol–water partition coefficient (Wildman–Crippen LogP) is -0.877. The molecule has 0 amide bonds. The van der Waals surface area contributed by atoms with Crippen molar-refractivity contribution in [2.45, 2.75) is 5.54 Å². The molecule has 0 saturated carbocycles. The van der Waals surface area contributed by atoms with Crippen LogP contribution in [0.15, 0.2) is 0 Å². The molecule has 1 rings (SSSR count). The van der Waals surface area contributed by atoms with Gasteiger partial charge in [-0.05, 0) is 0 Å². The smallest absolute Gasteiger partial charge is 0.0641 e. The molecule has 58 valence electrons. The third-order valence-electron chi connectivity index (χ3n) is 1.27. The van der Waals surface area contributed by atoms with Crippen LogP contribution in [0.5, 0.6) is 0 Å². The van der Waals surface area contributed by atoms with Crippen LogP contribution in [-0.4, -0.2) is 30.3 Å². The fourth-order valence-corrected chi connectivity index (χ4v) is 0.558. The Kier molecular flexibility index (Phi) is 5.82. The zero-order valence-corrected chi connectivity index (χ0v) is 6.60. The van der Waals surface area contributed by atoms with Gasteiger partial charge in [-0.25, -0.2) is 0 Å². The van der Waals surface area contributed by atoms with Crippen molar-refractivity contribution >= 4 is 24.8 Å². The summed E-state index contributed by atoms with van der Waals surface area (Å²) in [5, 5.41) is 11.4. The molecule has 1 heterocycles. The quantitative estimate of drug-likeness (QED) is 0.485. The minimum Gasteiger partial charge on any atom is -0.394 e. The second-order valence-corrected chi connectivity index (χ2v) is 2.12. The lowest BCUT2D eigenvalue weighted by Gasteiger charge is -2.36. The Hall–Kier alpha value is 0.460. The van der Waals surface area contributed by atoms with E-state index in [2.05, 4.69) is 5.32 Å². The van der Waals surface area contributed by atoms with Crippen molar-refractivity contribution in [2.75, 3.05) is 19.7 Å². The second-order valence-electron chi connectivity index (χ2n) is 2.12. The Bertz CT molecular complexity index is 71.5. The summed E-state index contributed by atoms with van der Waals surface area (Å²) in [4.78, 5) is 0. The summed E-state index contributed by atoms with van der Waals surface area (Å²) in [6, 6.07) is 0. The van der Waals surface area contributed by atoms with Crippen LogP contribution in [0.2, 0.25) is 0 Å². The van der Waals surface area contributed by atoms with Gasteiger partial charge >= 0.3 is 0 Å². The van der Waals surface area contributed by atoms with Crippen LogP contribution in [0.3, 0.4) is 0 Å². The number of nitrogens with one attached hydrogen (secondary N) is 1. The van der Waals surface area contributed by atoms with Gasteiger partial charge in [-0.15, -0.1) is 24.8 Å². The minimum absolute atomic E-state index is 0. The van der Waals surface area contributed by atoms with E-state index in [9.17, 15) is 0 Å². The SMILES string of the molecule is Cl.Cl.NC1(CO)CNC1. The first-order valence-electron chi connectivity index (χ1n) is 2.37. The molecule has 4 N–H and O–H groups in total. The maximum atomic E-state index is 8.48. The molecule has 9 heavy (non-hydrogen) atoms. The van der Waals surface area contributed by atoms with Gasteiger partial charge in [0, 0.05) is 13.1 Å². The molecular formula is C4H12Cl2N2O. The Morgan fingerprint density at radius 2 is 1.89 bits per heavy atom. The Labute approximate surface area is 66.8 Å². The van der Waals surface area contributed by atoms with Crippen molar-refractivity contribution in [1.82, 2.24) is 5.32 Å². The summed E-state index contributed by atoms with van der Waals surface area (Å²) in [6.45, 7) is 1.60. The molecule has 0 bridgehead atoms. The van der Waals surface area contributed by atoms with Gasteiger partial charge in [0.05, 0.1) is 12.1 Å². The van der Waals surface area contributed by atoms with Crippen molar-refractivity contribution < 1.29 is 5.11 Å². The Balaban J connectivity index is 0. The highest BCUT2D eigenvalue weighted by molar-refractivity contribution is 5.85. The zero-order valence-electron chi connectivity index (χ0n) is 4.96. The first-order chi connectivity index (χ1) is 3.27. The van der Waals surface area contributed by atoms with Gasteiger partial charge < -0.3 is 16.2 Å². The average molecular weight is 175 g/mol. The lowest BCUT2D eigenvalue weighted by molar-refractivity contribution is 0.146. The molecule has 0 radical (unpaired) electrons. The predicted molar refractivity (Wildman–Crippen MR) is 41.4 cm³/mol. The van der Waals surface area contributed by atoms with E-state index in [1.807, 2.05) is 0 Å². The maximum Gasteiger partial charge on any atom is 0.0641 e. The van der Waals surface area contributed by atoms with E-state index < -0.39 is 0 Å². The largest absolute Gasteiger partial charge is 0.394 e. The number of aliphatic hydroxyl groups excluding tert-OH is 1. The average Bonchev–Trinajstić information content (AvgIpc) is 1.61. The Morgan fingerprint density at radius 3 is 1.89 bits per heavy atom. The summed E-state index contributed by atoms with van der Waals surface area (Å²) in [7, 11) is 0. The standard InChI is InChI=1S/C4H10N2O.2ClH/c5-4(3-7)1-6-2-4;;/h6-7H,1-3,5H2;2*1H. The lowest BCUT2D eigenvalue weighted by atomic mass is 9.96. The third-order valence-corrected chi connectivity index (χ3v) is 1.27. The summed E-state index contributed by atoms with van der Waals surface area (Å²) in [6.07, 6.45) is 0. The number of hydrogen-bond donors (Lipinski definition) is 3. The highest BCUT2D eigenvalue weighted by Gasteiger charge is 2.30. The van der Waals surface area contributed by atoms with E-state index in [4.69, 9.17) is 10.8 Å². The van der Waals surface area contributed by atoms with Crippen LogP contribution in [-0.2, 0) is 0 Å². The molecule has 0 unspecified atom stereocenters. The number of rotatable bonds is 1. The fourth-order valence-electron chi connectivity index (χ4n) is 0.558. The van der Waals surface area contributed by atoms with Crippen LogP contribution in [0.4, 0.5) is 0 Å². The maximum absolute atomic E-state index is 8.48. The number of nitrogens with two attached hydrogens (primary N) is 1. The summed E-state index contributed by atoms with van der Waals surface area (Å²) in [5.41, 5.74) is 5.20. The first-order valence-corrected chi connectivity index (χ1v) is 2.37. The normalized spacial score (nSPS) is 20.7. The van der Waals surface area contributed by atoms with E-state index in [-0.39, 0.29) is 37.0 Å². The number of halogens is 2. The van der Waals surface area contributed by atoms with Gasteiger partial charge in [0.2, 0.25) is 0 Å². The summed E-state index contributed by atoms with van der Waals surface area (Å²) >= 11 is 0. The van der Waals surface area contributed by atoms with E-state index in [1.54, 1.807) is 0 Å². The van der Waals surface area contributed by atoms with E-state index in [1.165, 1.54) is 0 Å². The van der Waals surface area contributed by atoms with Crippen LogP contribution in [0.25, 0.3) is 0 Å². The molecule has 1 saturated heterocycles. The van der Waals surface area contributed by atoms with Crippen molar-refractivity contribution in [3.63, 3.8) is 0 Å². The van der Waals surface area contributed by atoms with Gasteiger partial charge in [0.1, 0.15) is 0 Å². The van der Waals surface area contributed by atoms with E-state index in [0.717, 1.165) is 13.1 Å². The molecule has 1 aliphatic rings. The number of aliphatic hydroxyl groups is 1. The lowest BCUT2D eigenvalue weighted by Crippen LogP contribution is -2.67. The first kappa shape index (κ1) is 12.2. The van der Waals surface area contributed by atoms with Crippen molar-refractivity contribution in [3.05, 3.63) is 0 Å². The highest BCUT2D eigenvalue weighted by atomic mass is 35.5. The topological polar surface area (TPSA) is 58.3 Å². The van der Waals surface area contributed by atoms with Crippen LogP contribution in [0, 0.1) is 0 Å². The highest BCUT2D eigenvalue weighted by Crippen LogP contribution is 2.02. The molecular weight excluding hydrogens is 163 g/mol. The molecule has 0 atom stereocenters. The molecule has 0 aromatic rings. The van der Waals surface area contributed by atoms with Gasteiger partial charge in [-0.2, -0.15) is 0 Å². The molecule has 0 aromatic carbocycles. The van der Waals surface area contributed by atoms with Gasteiger partial charge in [-0.3, -0.25) is 0 Å². The summed E-state index contributed by atoms with van der Waals surface area (Å²) in [5.74, 6) is 0. The zero-order chi connectivity index (χ0) is 5.33. The molecule has 1 aliphatic heterocycles. The Morgan fingerprint density at radius 1 is 1.44 bits per heavy atom. The molecule has 1 fully saturated rings. The van der Waals surface area contributed by atoms with Crippen LogP contribution in [0.1, 0.15) is 0 Å². The van der Waals surface area contributed by atoms with Crippen LogP contribution < -0.4 is 11.1 Å². The third kappa shape index (κ3) is 2.69. The fraction of sp³-hybridized carbons (Fsp3) is 1.00. The molecule has 0 aromatic heterocycles. The van der Waals surface area contributed by atoms with Gasteiger partial charge in [0.25, 0.3) is 0 Å². The monoisotopic (exact) mass is 174 g/mol. The van der Waals surface area contributed by atoms with Gasteiger partial charge in [0.15, 0.2) is 0 Å². The molecule has 3 nitrogen and oxygen atoms in total. The van der Waals surface area contributed by atoms with Crippen molar-refractivity contribution in [1.29, 1.82) is 0 Å². The number of hydrogen-bond acceptors (Lipinski definition) is 3. The summed E-state index contributed by atoms with van der Waals surface area (Å²) < 4.78 is 0. The molecule has 0 spiro atoms. The molecule has 5 heteroatoms. The minimum atomic E-state index is -0.292. The molecule has 0 aliphatic carbocycles. The van der Waals surface area contributed by atoms with Gasteiger partial charge in [-0.1, -0.05) is 0 Å². The second kappa shape index (κ2) is 4.30. The van der Waals surface area contributed by atoms with Crippen molar-refractivity contribution in [3.8, 4) is 0 Å². The van der Waals surface area contributed by atoms with Crippen LogP contribution >= 0.6 is 24.8 Å². The van der Waals surface area contributed by atoms with Crippen molar-refractivity contribution in [2.24, 2.45) is 5.73 Å².